The van der Waals surface area contributed by atoms with Crippen molar-refractivity contribution in [1.29, 1.82) is 0 Å². The second-order valence-electron chi connectivity index (χ2n) is 3.39. The van der Waals surface area contributed by atoms with Gasteiger partial charge in [0.2, 0.25) is 0 Å². The lowest BCUT2D eigenvalue weighted by molar-refractivity contribution is 0.0693. The highest BCUT2D eigenvalue weighted by molar-refractivity contribution is 5.91. The standard InChI is InChI=1S/C13H14O3/c1-3-5-9-7-8-11(13(15)16)12(14)10(9)6-4-2/h3-4,7-8,14H,1-2,5-6H2,(H,15,16). The van der Waals surface area contributed by atoms with E-state index in [0.29, 0.717) is 18.4 Å². The van der Waals surface area contributed by atoms with E-state index in [1.165, 1.54) is 6.07 Å². The van der Waals surface area contributed by atoms with Gasteiger partial charge >= 0.3 is 5.97 Å². The van der Waals surface area contributed by atoms with Crippen molar-refractivity contribution in [3.8, 4) is 5.75 Å². The van der Waals surface area contributed by atoms with Gasteiger partial charge in [-0.3, -0.25) is 0 Å². The summed E-state index contributed by atoms with van der Waals surface area (Å²) in [4.78, 5) is 10.8. The molecule has 0 amide bonds. The van der Waals surface area contributed by atoms with E-state index in [4.69, 9.17) is 5.11 Å². The average molecular weight is 218 g/mol. The van der Waals surface area contributed by atoms with E-state index in [-0.39, 0.29) is 11.3 Å². The number of benzene rings is 1. The first-order valence-corrected chi connectivity index (χ1v) is 4.90. The number of aromatic hydroxyl groups is 1. The van der Waals surface area contributed by atoms with Crippen molar-refractivity contribution in [3.05, 3.63) is 54.1 Å². The molecule has 1 aromatic carbocycles. The SMILES string of the molecule is C=CCc1ccc(C(=O)O)c(O)c1CC=C. The van der Waals surface area contributed by atoms with Crippen LogP contribution >= 0.6 is 0 Å². The summed E-state index contributed by atoms with van der Waals surface area (Å²) in [6, 6.07) is 3.10. The first-order valence-electron chi connectivity index (χ1n) is 4.90. The molecule has 0 saturated carbocycles. The smallest absolute Gasteiger partial charge is 0.339 e. The average Bonchev–Trinajstić information content (AvgIpc) is 2.23. The summed E-state index contributed by atoms with van der Waals surface area (Å²) >= 11 is 0. The summed E-state index contributed by atoms with van der Waals surface area (Å²) in [5.41, 5.74) is 1.40. The summed E-state index contributed by atoms with van der Waals surface area (Å²) in [5.74, 6) is -1.31. The Morgan fingerprint density at radius 3 is 2.38 bits per heavy atom. The summed E-state index contributed by atoms with van der Waals surface area (Å²) in [6.07, 6.45) is 4.38. The minimum Gasteiger partial charge on any atom is -0.507 e. The zero-order valence-corrected chi connectivity index (χ0v) is 8.94. The van der Waals surface area contributed by atoms with Crippen molar-refractivity contribution < 1.29 is 15.0 Å². The number of hydrogen-bond donors (Lipinski definition) is 2. The van der Waals surface area contributed by atoms with Crippen LogP contribution in [0.2, 0.25) is 0 Å². The van der Waals surface area contributed by atoms with Gasteiger partial charge in [0.1, 0.15) is 11.3 Å². The van der Waals surface area contributed by atoms with E-state index in [9.17, 15) is 9.90 Å². The molecule has 0 spiro atoms. The first kappa shape index (κ1) is 12.0. The van der Waals surface area contributed by atoms with Gasteiger partial charge < -0.3 is 10.2 Å². The largest absolute Gasteiger partial charge is 0.507 e. The third kappa shape index (κ3) is 2.31. The monoisotopic (exact) mass is 218 g/mol. The molecule has 0 fully saturated rings. The third-order valence-electron chi connectivity index (χ3n) is 2.32. The molecule has 0 aromatic heterocycles. The van der Waals surface area contributed by atoms with Crippen LogP contribution in [0.1, 0.15) is 21.5 Å². The molecule has 3 heteroatoms. The number of carboxylic acid groups (broad SMARTS) is 1. The summed E-state index contributed by atoms with van der Waals surface area (Å²) in [5, 5.41) is 18.7. The van der Waals surface area contributed by atoms with Gasteiger partial charge in [0.15, 0.2) is 0 Å². The Morgan fingerprint density at radius 2 is 1.88 bits per heavy atom. The van der Waals surface area contributed by atoms with Crippen LogP contribution in [-0.4, -0.2) is 16.2 Å². The molecule has 0 aliphatic heterocycles. The molecule has 2 N–H and O–H groups in total. The topological polar surface area (TPSA) is 57.5 Å². The molecule has 0 radical (unpaired) electrons. The maximum Gasteiger partial charge on any atom is 0.339 e. The molecule has 0 saturated heterocycles. The molecule has 0 heterocycles. The molecular weight excluding hydrogens is 204 g/mol. The minimum atomic E-state index is -1.13. The van der Waals surface area contributed by atoms with Crippen LogP contribution in [0.15, 0.2) is 37.4 Å². The van der Waals surface area contributed by atoms with Crippen LogP contribution in [-0.2, 0) is 12.8 Å². The third-order valence-corrected chi connectivity index (χ3v) is 2.32. The summed E-state index contributed by atoms with van der Waals surface area (Å²) in [6.45, 7) is 7.21. The van der Waals surface area contributed by atoms with Crippen LogP contribution < -0.4 is 0 Å². The fourth-order valence-electron chi connectivity index (χ4n) is 1.57. The Hall–Kier alpha value is -2.03. The van der Waals surface area contributed by atoms with Gasteiger partial charge in [-0.05, 0) is 24.5 Å². The number of phenols is 1. The molecule has 0 bridgehead atoms. The van der Waals surface area contributed by atoms with Gasteiger partial charge in [0, 0.05) is 5.56 Å². The van der Waals surface area contributed by atoms with Crippen molar-refractivity contribution >= 4 is 5.97 Å². The lowest BCUT2D eigenvalue weighted by atomic mass is 9.97. The van der Waals surface area contributed by atoms with E-state index in [0.717, 1.165) is 5.56 Å². The number of hydrogen-bond acceptors (Lipinski definition) is 2. The van der Waals surface area contributed by atoms with Gasteiger partial charge in [-0.15, -0.1) is 13.2 Å². The number of carbonyl (C=O) groups is 1. The second kappa shape index (κ2) is 5.16. The summed E-state index contributed by atoms with van der Waals surface area (Å²) in [7, 11) is 0. The van der Waals surface area contributed by atoms with Crippen molar-refractivity contribution in [2.45, 2.75) is 12.8 Å². The van der Waals surface area contributed by atoms with Gasteiger partial charge in [-0.2, -0.15) is 0 Å². The van der Waals surface area contributed by atoms with Gasteiger partial charge in [0.05, 0.1) is 0 Å². The molecular formula is C13H14O3. The highest BCUT2D eigenvalue weighted by atomic mass is 16.4. The van der Waals surface area contributed by atoms with Crippen LogP contribution in [0, 0.1) is 0 Å². The lowest BCUT2D eigenvalue weighted by Gasteiger charge is -2.10. The number of rotatable bonds is 5. The van der Waals surface area contributed by atoms with Crippen LogP contribution in [0.5, 0.6) is 5.75 Å². The predicted octanol–water partition coefficient (Wildman–Crippen LogP) is 2.55. The molecule has 1 rings (SSSR count). The Balaban J connectivity index is 3.33. The fourth-order valence-corrected chi connectivity index (χ4v) is 1.57. The Labute approximate surface area is 94.4 Å². The van der Waals surface area contributed by atoms with E-state index in [1.807, 2.05) is 0 Å². The zero-order valence-electron chi connectivity index (χ0n) is 8.94. The predicted molar refractivity (Wildman–Crippen MR) is 62.9 cm³/mol. The van der Waals surface area contributed by atoms with Crippen LogP contribution in [0.3, 0.4) is 0 Å². The van der Waals surface area contributed by atoms with Crippen molar-refractivity contribution in [2.75, 3.05) is 0 Å². The highest BCUT2D eigenvalue weighted by Gasteiger charge is 2.15. The Morgan fingerprint density at radius 1 is 1.25 bits per heavy atom. The first-order chi connectivity index (χ1) is 7.61. The maximum atomic E-state index is 10.8. The van der Waals surface area contributed by atoms with Crippen molar-refractivity contribution in [3.63, 3.8) is 0 Å². The quantitative estimate of drug-likeness (QED) is 0.747. The zero-order chi connectivity index (χ0) is 12.1. The fraction of sp³-hybridized carbons (Fsp3) is 0.154. The Kier molecular flexibility index (Phi) is 3.89. The number of allylic oxidation sites excluding steroid dienone is 2. The highest BCUT2D eigenvalue weighted by Crippen LogP contribution is 2.27. The number of carboxylic acids is 1. The number of aromatic carboxylic acids is 1. The van der Waals surface area contributed by atoms with E-state index in [1.54, 1.807) is 18.2 Å². The normalized spacial score (nSPS) is 9.75. The van der Waals surface area contributed by atoms with Gasteiger partial charge in [-0.1, -0.05) is 18.2 Å². The van der Waals surface area contributed by atoms with Crippen LogP contribution in [0.4, 0.5) is 0 Å². The summed E-state index contributed by atoms with van der Waals surface area (Å²) < 4.78 is 0. The lowest BCUT2D eigenvalue weighted by Crippen LogP contribution is -2.02. The molecule has 0 unspecified atom stereocenters. The minimum absolute atomic E-state index is 0.0790. The molecule has 0 aliphatic rings. The second-order valence-corrected chi connectivity index (χ2v) is 3.39. The molecule has 16 heavy (non-hydrogen) atoms. The van der Waals surface area contributed by atoms with E-state index in [2.05, 4.69) is 13.2 Å². The Bertz CT molecular complexity index is 433. The molecule has 3 nitrogen and oxygen atoms in total. The van der Waals surface area contributed by atoms with Gasteiger partial charge in [0.25, 0.3) is 0 Å². The molecule has 1 aromatic rings. The maximum absolute atomic E-state index is 10.8. The van der Waals surface area contributed by atoms with Crippen molar-refractivity contribution in [1.82, 2.24) is 0 Å². The van der Waals surface area contributed by atoms with Crippen molar-refractivity contribution in [2.24, 2.45) is 0 Å². The molecule has 0 atom stereocenters. The molecule has 0 aliphatic carbocycles. The van der Waals surface area contributed by atoms with Crippen LogP contribution in [0.25, 0.3) is 0 Å². The van der Waals surface area contributed by atoms with E-state index < -0.39 is 5.97 Å². The van der Waals surface area contributed by atoms with E-state index >= 15 is 0 Å². The molecule has 84 valence electrons. The van der Waals surface area contributed by atoms with Gasteiger partial charge in [-0.25, -0.2) is 4.79 Å².